The number of benzene rings is 1. The Morgan fingerprint density at radius 1 is 1.15 bits per heavy atom. The largest absolute Gasteiger partial charge is 0.433 e. The van der Waals surface area contributed by atoms with Crippen LogP contribution in [-0.4, -0.2) is 82.8 Å². The second kappa shape index (κ2) is 13.9. The van der Waals surface area contributed by atoms with Crippen molar-refractivity contribution in [1.29, 1.82) is 5.26 Å². The number of hydrogen-bond acceptors (Lipinski definition) is 8. The number of halogens is 4. The molecule has 47 heavy (non-hydrogen) atoms. The molecule has 0 spiro atoms. The number of ether oxygens (including phenoxy) is 1. The number of rotatable bonds is 6. The minimum absolute atomic E-state index is 0.0285. The highest BCUT2D eigenvalue weighted by Crippen LogP contribution is 2.38. The summed E-state index contributed by atoms with van der Waals surface area (Å²) in [5.41, 5.74) is 4.81. The van der Waals surface area contributed by atoms with Crippen molar-refractivity contribution in [3.63, 3.8) is 0 Å². The normalized spacial score (nSPS) is 24.3. The molecule has 248 valence electrons. The Morgan fingerprint density at radius 2 is 1.85 bits per heavy atom. The third-order valence-corrected chi connectivity index (χ3v) is 8.46. The van der Waals surface area contributed by atoms with Crippen LogP contribution in [0.5, 0.6) is 0 Å². The molecule has 3 aliphatic heterocycles. The van der Waals surface area contributed by atoms with Gasteiger partial charge >= 0.3 is 6.18 Å². The molecular weight excluding hydrogens is 622 g/mol. The van der Waals surface area contributed by atoms with E-state index in [1.807, 2.05) is 0 Å². The van der Waals surface area contributed by atoms with Gasteiger partial charge in [0.1, 0.15) is 40.8 Å². The Balaban J connectivity index is 1.69. The molecule has 15 heteroatoms. The summed E-state index contributed by atoms with van der Waals surface area (Å²) in [4.78, 5) is 52.7. The second-order valence-electron chi connectivity index (χ2n) is 11.4. The summed E-state index contributed by atoms with van der Waals surface area (Å²) in [5.74, 6) is -4.18. The number of carbonyl (C=O) groups excluding carboxylic acids is 3. The monoisotopic (exact) mass is 655 g/mol. The third kappa shape index (κ3) is 6.97. The lowest BCUT2D eigenvalue weighted by Crippen LogP contribution is -2.60. The van der Waals surface area contributed by atoms with Gasteiger partial charge < -0.3 is 20.7 Å². The second-order valence-corrected chi connectivity index (χ2v) is 11.4. The van der Waals surface area contributed by atoms with Crippen LogP contribution in [0.2, 0.25) is 0 Å². The smallest absolute Gasteiger partial charge is 0.394 e. The van der Waals surface area contributed by atoms with Crippen LogP contribution < -0.4 is 11.1 Å². The van der Waals surface area contributed by atoms with E-state index in [0.29, 0.717) is 45.0 Å². The highest BCUT2D eigenvalue weighted by Gasteiger charge is 2.48. The van der Waals surface area contributed by atoms with E-state index in [1.54, 1.807) is 6.92 Å². The number of likely N-dealkylation sites (N-methyl/N-ethyl adjacent to an activating group) is 1. The summed E-state index contributed by atoms with van der Waals surface area (Å²) in [6.45, 7) is 2.77. The lowest BCUT2D eigenvalue weighted by molar-refractivity contribution is -0.141. The molecule has 1 aromatic carbocycles. The van der Waals surface area contributed by atoms with Gasteiger partial charge in [0.05, 0.1) is 12.1 Å². The minimum atomic E-state index is -4.83. The van der Waals surface area contributed by atoms with Crippen LogP contribution in [0.25, 0.3) is 0 Å². The fraction of sp³-hybridized carbons (Fsp3) is 0.438. The van der Waals surface area contributed by atoms with Gasteiger partial charge in [-0.25, -0.2) is 9.37 Å². The van der Waals surface area contributed by atoms with E-state index < -0.39 is 59.1 Å². The number of nitrogens with zero attached hydrogens (tertiary/aromatic N) is 5. The van der Waals surface area contributed by atoms with Crippen LogP contribution in [0.4, 0.5) is 17.6 Å². The van der Waals surface area contributed by atoms with Crippen molar-refractivity contribution in [2.24, 2.45) is 10.7 Å². The van der Waals surface area contributed by atoms with E-state index in [-0.39, 0.29) is 41.8 Å². The SMILES string of the molecule is CCN1C(=O)C(NC(=O)c2cccc(C(F)(F)F)n2)C(c2ccc(F)cc2)/C(=C(/N)C(=O)N2CCCC2C#N)C1=NC1CCOCC1. The molecule has 4 heterocycles. The number of pyridine rings is 1. The lowest BCUT2D eigenvalue weighted by Gasteiger charge is -2.42. The summed E-state index contributed by atoms with van der Waals surface area (Å²) in [6, 6.07) is 7.34. The lowest BCUT2D eigenvalue weighted by atomic mass is 9.78. The molecule has 3 saturated heterocycles. The molecule has 0 radical (unpaired) electrons. The van der Waals surface area contributed by atoms with E-state index in [1.165, 1.54) is 21.9 Å². The fourth-order valence-corrected chi connectivity index (χ4v) is 6.11. The number of nitriles is 1. The first-order chi connectivity index (χ1) is 22.4. The van der Waals surface area contributed by atoms with Crippen molar-refractivity contribution in [2.45, 2.75) is 62.8 Å². The van der Waals surface area contributed by atoms with Crippen LogP contribution in [-0.2, 0) is 20.5 Å². The number of alkyl halides is 3. The van der Waals surface area contributed by atoms with Crippen molar-refractivity contribution in [3.05, 3.63) is 76.5 Å². The summed E-state index contributed by atoms with van der Waals surface area (Å²) in [5, 5.41) is 12.2. The molecule has 0 aliphatic carbocycles. The molecule has 5 rings (SSSR count). The first-order valence-electron chi connectivity index (χ1n) is 15.2. The predicted molar refractivity (Wildman–Crippen MR) is 160 cm³/mol. The molecule has 3 fully saturated rings. The first kappa shape index (κ1) is 33.5. The van der Waals surface area contributed by atoms with Crippen LogP contribution in [0.3, 0.4) is 0 Å². The summed E-state index contributed by atoms with van der Waals surface area (Å²) < 4.78 is 59.9. The Labute approximate surface area is 268 Å². The zero-order chi connectivity index (χ0) is 33.9. The quantitative estimate of drug-likeness (QED) is 0.358. The molecular formula is C32H33F4N7O4. The highest BCUT2D eigenvalue weighted by molar-refractivity contribution is 6.17. The fourth-order valence-electron chi connectivity index (χ4n) is 6.11. The third-order valence-electron chi connectivity index (χ3n) is 8.46. The number of carbonyl (C=O) groups is 3. The molecule has 3 amide bonds. The minimum Gasteiger partial charge on any atom is -0.394 e. The molecule has 0 bridgehead atoms. The van der Waals surface area contributed by atoms with Crippen LogP contribution in [0, 0.1) is 17.1 Å². The molecule has 0 saturated carbocycles. The molecule has 11 nitrogen and oxygen atoms in total. The van der Waals surface area contributed by atoms with E-state index in [2.05, 4.69) is 16.4 Å². The average Bonchev–Trinajstić information content (AvgIpc) is 3.55. The number of hydrogen-bond donors (Lipinski definition) is 2. The summed E-state index contributed by atoms with van der Waals surface area (Å²) in [6.07, 6.45) is -2.79. The van der Waals surface area contributed by atoms with Gasteiger partial charge in [0.15, 0.2) is 0 Å². The zero-order valence-electron chi connectivity index (χ0n) is 25.5. The Bertz CT molecular complexity index is 1630. The number of nitrogens with one attached hydrogen (secondary N) is 1. The molecule has 1 aromatic heterocycles. The average molecular weight is 656 g/mol. The molecule has 3 N–H and O–H groups in total. The van der Waals surface area contributed by atoms with E-state index in [4.69, 9.17) is 15.5 Å². The van der Waals surface area contributed by atoms with Gasteiger partial charge in [-0.05, 0) is 62.4 Å². The van der Waals surface area contributed by atoms with Gasteiger partial charge in [-0.15, -0.1) is 0 Å². The number of piperidine rings is 1. The van der Waals surface area contributed by atoms with Crippen molar-refractivity contribution in [3.8, 4) is 6.07 Å². The van der Waals surface area contributed by atoms with Gasteiger partial charge in [-0.3, -0.25) is 24.3 Å². The Hall–Kier alpha value is -4.84. The van der Waals surface area contributed by atoms with Crippen molar-refractivity contribution in [2.75, 3.05) is 26.3 Å². The maximum atomic E-state index is 14.3. The Morgan fingerprint density at radius 3 is 2.49 bits per heavy atom. The summed E-state index contributed by atoms with van der Waals surface area (Å²) >= 11 is 0. The van der Waals surface area contributed by atoms with E-state index in [9.17, 15) is 37.2 Å². The van der Waals surface area contributed by atoms with Crippen molar-refractivity contribution >= 4 is 23.6 Å². The molecule has 3 atom stereocenters. The van der Waals surface area contributed by atoms with Crippen LogP contribution in [0.15, 0.2) is 58.7 Å². The predicted octanol–water partition coefficient (Wildman–Crippen LogP) is 3.29. The van der Waals surface area contributed by atoms with Crippen molar-refractivity contribution < 1.29 is 36.7 Å². The number of aliphatic imine (C=N–C) groups is 1. The van der Waals surface area contributed by atoms with Crippen LogP contribution in [0.1, 0.15) is 60.3 Å². The number of aromatic nitrogens is 1. The Kier molecular flexibility index (Phi) is 9.90. The van der Waals surface area contributed by atoms with Crippen molar-refractivity contribution in [1.82, 2.24) is 20.1 Å². The summed E-state index contributed by atoms with van der Waals surface area (Å²) in [7, 11) is 0. The standard InChI is InChI=1S/C32H33F4N7O4/c1-2-42-28(39-20-12-15-47-16-13-20)25(26(38)30(45)43-14-4-5-21(43)17-37)24(18-8-10-19(33)11-9-18)27(31(42)46)41-29(44)22-6-3-7-23(40-22)32(34,35)36/h3,6-11,20-21,24,27H,2,4-5,12-16,38H2,1H3,(H,41,44)/b26-25-,39-28?. The van der Waals surface area contributed by atoms with Crippen LogP contribution >= 0.6 is 0 Å². The van der Waals surface area contributed by atoms with Gasteiger partial charge in [0, 0.05) is 37.8 Å². The maximum Gasteiger partial charge on any atom is 0.433 e. The topological polar surface area (TPSA) is 154 Å². The molecule has 3 aliphatic rings. The first-order valence-corrected chi connectivity index (χ1v) is 15.2. The number of amidine groups is 1. The molecule has 2 aromatic rings. The number of likely N-dealkylation sites (tertiary alicyclic amines) is 2. The van der Waals surface area contributed by atoms with E-state index >= 15 is 0 Å². The van der Waals surface area contributed by atoms with E-state index in [0.717, 1.165) is 24.3 Å². The number of amides is 3. The van der Waals surface area contributed by atoms with Gasteiger partial charge in [-0.2, -0.15) is 18.4 Å². The van der Waals surface area contributed by atoms with Gasteiger partial charge in [0.25, 0.3) is 17.7 Å². The zero-order valence-corrected chi connectivity index (χ0v) is 25.5. The van der Waals surface area contributed by atoms with Gasteiger partial charge in [0.2, 0.25) is 0 Å². The number of nitrogens with two attached hydrogens (primary N) is 1. The highest BCUT2D eigenvalue weighted by atomic mass is 19.4. The molecule has 3 unspecified atom stereocenters. The maximum absolute atomic E-state index is 14.3. The van der Waals surface area contributed by atoms with Gasteiger partial charge in [-0.1, -0.05) is 18.2 Å².